The van der Waals surface area contributed by atoms with Gasteiger partial charge in [-0.05, 0) is 37.6 Å². The number of aromatic nitrogens is 2. The van der Waals surface area contributed by atoms with Crippen LogP contribution < -0.4 is 5.73 Å². The molecule has 21 heavy (non-hydrogen) atoms. The van der Waals surface area contributed by atoms with Crippen molar-refractivity contribution in [3.63, 3.8) is 0 Å². The number of imidazole rings is 1. The highest BCUT2D eigenvalue weighted by Gasteiger charge is 2.24. The van der Waals surface area contributed by atoms with Crippen LogP contribution in [0.3, 0.4) is 0 Å². The molecule has 110 valence electrons. The van der Waals surface area contributed by atoms with Crippen LogP contribution in [0.25, 0.3) is 11.0 Å². The number of aromatic amines is 1. The molecule has 0 aliphatic heterocycles. The number of benzene rings is 1. The summed E-state index contributed by atoms with van der Waals surface area (Å²) in [5.74, 6) is 1.82. The molecule has 1 aromatic carbocycles. The van der Waals surface area contributed by atoms with Crippen molar-refractivity contribution < 1.29 is 4.42 Å². The summed E-state index contributed by atoms with van der Waals surface area (Å²) < 4.78 is 5.77. The van der Waals surface area contributed by atoms with E-state index in [1.165, 1.54) is 0 Å². The highest BCUT2D eigenvalue weighted by molar-refractivity contribution is 7.99. The third-order valence-corrected chi connectivity index (χ3v) is 4.76. The number of H-pyrrole nitrogens is 1. The summed E-state index contributed by atoms with van der Waals surface area (Å²) in [4.78, 5) is 7.95. The van der Waals surface area contributed by atoms with Crippen molar-refractivity contribution in [1.29, 1.82) is 0 Å². The molecule has 0 bridgehead atoms. The molecule has 0 aliphatic carbocycles. The average Bonchev–Trinajstić information content (AvgIpc) is 3.09. The van der Waals surface area contributed by atoms with Gasteiger partial charge in [0.15, 0.2) is 5.16 Å². The van der Waals surface area contributed by atoms with Crippen LogP contribution in [0.15, 0.2) is 46.0 Å². The lowest BCUT2D eigenvalue weighted by Gasteiger charge is -2.19. The Morgan fingerprint density at radius 3 is 2.76 bits per heavy atom. The first-order valence-electron chi connectivity index (χ1n) is 7.10. The van der Waals surface area contributed by atoms with Gasteiger partial charge in [0.1, 0.15) is 11.5 Å². The first kappa shape index (κ1) is 14.2. The van der Waals surface area contributed by atoms with Crippen LogP contribution in [0.1, 0.15) is 30.1 Å². The molecule has 2 unspecified atom stereocenters. The van der Waals surface area contributed by atoms with E-state index in [9.17, 15) is 0 Å². The Balaban J connectivity index is 1.90. The monoisotopic (exact) mass is 301 g/mol. The van der Waals surface area contributed by atoms with Crippen LogP contribution in [-0.2, 0) is 0 Å². The summed E-state index contributed by atoms with van der Waals surface area (Å²) in [6.07, 6.45) is 0.887. The predicted octanol–water partition coefficient (Wildman–Crippen LogP) is 4.04. The van der Waals surface area contributed by atoms with Crippen LogP contribution in [-0.4, -0.2) is 16.0 Å². The van der Waals surface area contributed by atoms with E-state index in [-0.39, 0.29) is 11.3 Å². The minimum absolute atomic E-state index is 0.0220. The lowest BCUT2D eigenvalue weighted by Crippen LogP contribution is -2.25. The number of para-hydroxylation sites is 2. The van der Waals surface area contributed by atoms with Gasteiger partial charge in [-0.1, -0.05) is 30.8 Å². The molecule has 0 spiro atoms. The molecule has 0 radical (unpaired) electrons. The predicted molar refractivity (Wildman–Crippen MR) is 86.4 cm³/mol. The van der Waals surface area contributed by atoms with Gasteiger partial charge in [0, 0.05) is 6.04 Å². The number of rotatable bonds is 5. The van der Waals surface area contributed by atoms with Gasteiger partial charge in [-0.2, -0.15) is 0 Å². The van der Waals surface area contributed by atoms with E-state index >= 15 is 0 Å². The second-order valence-corrected chi connectivity index (χ2v) is 6.25. The Morgan fingerprint density at radius 1 is 1.29 bits per heavy atom. The van der Waals surface area contributed by atoms with Crippen molar-refractivity contribution in [2.24, 2.45) is 5.73 Å². The number of nitrogens with two attached hydrogens (primary N) is 1. The number of furan rings is 1. The molecule has 2 aromatic heterocycles. The summed E-state index contributed by atoms with van der Waals surface area (Å²) in [6, 6.07) is 12.0. The molecule has 0 aliphatic rings. The zero-order valence-electron chi connectivity index (χ0n) is 12.2. The summed E-state index contributed by atoms with van der Waals surface area (Å²) >= 11 is 1.63. The molecule has 2 heterocycles. The van der Waals surface area contributed by atoms with Gasteiger partial charge >= 0.3 is 0 Å². The molecular weight excluding hydrogens is 282 g/mol. The maximum atomic E-state index is 6.28. The molecule has 0 saturated heterocycles. The zero-order valence-corrected chi connectivity index (χ0v) is 13.0. The van der Waals surface area contributed by atoms with E-state index in [0.717, 1.165) is 34.1 Å². The SMILES string of the molecule is CCC(N)C(Sc1nc2ccccc2[nH]1)c1ccc(C)o1. The van der Waals surface area contributed by atoms with E-state index in [0.29, 0.717) is 0 Å². The average molecular weight is 301 g/mol. The van der Waals surface area contributed by atoms with E-state index in [1.807, 2.05) is 43.3 Å². The fourth-order valence-corrected chi connectivity index (χ4v) is 3.45. The molecular formula is C16H19N3OS. The molecule has 0 fully saturated rings. The van der Waals surface area contributed by atoms with Crippen LogP contribution in [0, 0.1) is 6.92 Å². The maximum absolute atomic E-state index is 6.28. The molecule has 3 rings (SSSR count). The van der Waals surface area contributed by atoms with Crippen LogP contribution in [0.4, 0.5) is 0 Å². The van der Waals surface area contributed by atoms with Gasteiger partial charge in [-0.25, -0.2) is 4.98 Å². The second kappa shape index (κ2) is 5.95. The maximum Gasteiger partial charge on any atom is 0.167 e. The molecule has 0 amide bonds. The molecule has 3 N–H and O–H groups in total. The normalized spacial score (nSPS) is 14.4. The Kier molecular flexibility index (Phi) is 4.03. The second-order valence-electron chi connectivity index (χ2n) is 5.12. The third-order valence-electron chi connectivity index (χ3n) is 3.51. The number of hydrogen-bond acceptors (Lipinski definition) is 4. The minimum atomic E-state index is 0.0220. The van der Waals surface area contributed by atoms with E-state index in [4.69, 9.17) is 10.2 Å². The van der Waals surface area contributed by atoms with Gasteiger partial charge in [0.2, 0.25) is 0 Å². The number of nitrogens with zero attached hydrogens (tertiary/aromatic N) is 1. The van der Waals surface area contributed by atoms with Crippen molar-refractivity contribution in [3.8, 4) is 0 Å². The van der Waals surface area contributed by atoms with E-state index in [1.54, 1.807) is 11.8 Å². The van der Waals surface area contributed by atoms with E-state index in [2.05, 4.69) is 16.9 Å². The fourth-order valence-electron chi connectivity index (χ4n) is 2.28. The first-order chi connectivity index (χ1) is 10.2. The third kappa shape index (κ3) is 2.99. The molecule has 5 heteroatoms. The van der Waals surface area contributed by atoms with Crippen molar-refractivity contribution in [2.75, 3.05) is 0 Å². The summed E-state index contributed by atoms with van der Waals surface area (Å²) in [5.41, 5.74) is 8.29. The topological polar surface area (TPSA) is 67.8 Å². The summed E-state index contributed by atoms with van der Waals surface area (Å²) in [7, 11) is 0. The van der Waals surface area contributed by atoms with Gasteiger partial charge in [0.25, 0.3) is 0 Å². The smallest absolute Gasteiger partial charge is 0.167 e. The van der Waals surface area contributed by atoms with Crippen molar-refractivity contribution >= 4 is 22.8 Å². The number of fused-ring (bicyclic) bond motifs is 1. The van der Waals surface area contributed by atoms with Gasteiger partial charge in [0.05, 0.1) is 16.3 Å². The highest BCUT2D eigenvalue weighted by Crippen LogP contribution is 2.38. The summed E-state index contributed by atoms with van der Waals surface area (Å²) in [5, 5.41) is 0.934. The van der Waals surface area contributed by atoms with Crippen LogP contribution >= 0.6 is 11.8 Å². The molecule has 2 atom stereocenters. The zero-order chi connectivity index (χ0) is 14.8. The number of thioether (sulfide) groups is 1. The Bertz CT molecular complexity index is 701. The van der Waals surface area contributed by atoms with Gasteiger partial charge in [-0.15, -0.1) is 0 Å². The fraction of sp³-hybridized carbons (Fsp3) is 0.312. The highest BCUT2D eigenvalue weighted by atomic mass is 32.2. The minimum Gasteiger partial charge on any atom is -0.465 e. The molecule has 0 saturated carbocycles. The van der Waals surface area contributed by atoms with Gasteiger partial charge < -0.3 is 15.1 Å². The lowest BCUT2D eigenvalue weighted by atomic mass is 10.1. The summed E-state index contributed by atoms with van der Waals surface area (Å²) in [6.45, 7) is 4.04. The Morgan fingerprint density at radius 2 is 2.10 bits per heavy atom. The number of nitrogens with one attached hydrogen (secondary N) is 1. The van der Waals surface area contributed by atoms with Crippen molar-refractivity contribution in [2.45, 2.75) is 36.7 Å². The quantitative estimate of drug-likeness (QED) is 0.698. The molecule has 3 aromatic rings. The van der Waals surface area contributed by atoms with Crippen LogP contribution in [0.2, 0.25) is 0 Å². The van der Waals surface area contributed by atoms with Crippen molar-refractivity contribution in [3.05, 3.63) is 47.9 Å². The first-order valence-corrected chi connectivity index (χ1v) is 7.98. The Labute approximate surface area is 128 Å². The number of aryl methyl sites for hydroxylation is 1. The van der Waals surface area contributed by atoms with Crippen molar-refractivity contribution in [1.82, 2.24) is 9.97 Å². The molecule has 4 nitrogen and oxygen atoms in total. The van der Waals surface area contributed by atoms with E-state index < -0.39 is 0 Å². The van der Waals surface area contributed by atoms with Gasteiger partial charge in [-0.3, -0.25) is 0 Å². The number of hydrogen-bond donors (Lipinski definition) is 2. The van der Waals surface area contributed by atoms with Crippen LogP contribution in [0.5, 0.6) is 0 Å². The largest absolute Gasteiger partial charge is 0.465 e. The standard InChI is InChI=1S/C16H19N3OS/c1-3-11(17)15(14-9-8-10(2)20-14)21-16-18-12-6-4-5-7-13(12)19-16/h4-9,11,15H,3,17H2,1-2H3,(H,18,19). The Hall–Kier alpha value is -1.72. The lowest BCUT2D eigenvalue weighted by molar-refractivity contribution is 0.454.